The van der Waals surface area contributed by atoms with Gasteiger partial charge in [-0.25, -0.2) is 8.42 Å². The van der Waals surface area contributed by atoms with Crippen LogP contribution in [0.15, 0.2) is 42.5 Å². The number of rotatable bonds is 10. The van der Waals surface area contributed by atoms with E-state index in [9.17, 15) is 13.2 Å². The van der Waals surface area contributed by atoms with Crippen LogP contribution < -0.4 is 14.4 Å². The summed E-state index contributed by atoms with van der Waals surface area (Å²) in [5.41, 5.74) is 2.43. The Morgan fingerprint density at radius 3 is 2.50 bits per heavy atom. The Morgan fingerprint density at radius 2 is 1.85 bits per heavy atom. The number of ether oxygens (including phenoxy) is 1. The first-order chi connectivity index (χ1) is 16.2. The number of halogens is 1. The molecule has 1 aliphatic rings. The standard InChI is InChI=1S/C25H34ClN3O4S/c1-4-22(29(34(3,31)32)23-16-21(26)11-12-24(23)33-2)25(30)27-17-19-9-8-10-20(15-19)18-28-13-6-5-7-14-28/h8-12,15-16,22H,4-7,13-14,17-18H2,1-3H3,(H,27,30)/t22-/m0/s1. The van der Waals surface area contributed by atoms with Crippen molar-refractivity contribution in [3.8, 4) is 5.75 Å². The predicted molar refractivity (Wildman–Crippen MR) is 137 cm³/mol. The van der Waals surface area contributed by atoms with E-state index in [0.29, 0.717) is 17.3 Å². The molecular weight excluding hydrogens is 474 g/mol. The largest absolute Gasteiger partial charge is 0.495 e. The second-order valence-corrected chi connectivity index (χ2v) is 11.0. The number of sulfonamides is 1. The van der Waals surface area contributed by atoms with Gasteiger partial charge in [-0.05, 0) is 61.7 Å². The summed E-state index contributed by atoms with van der Waals surface area (Å²) in [4.78, 5) is 15.7. The third-order valence-electron chi connectivity index (χ3n) is 6.02. The van der Waals surface area contributed by atoms with Gasteiger partial charge in [-0.15, -0.1) is 0 Å². The van der Waals surface area contributed by atoms with Crippen LogP contribution in [0.2, 0.25) is 5.02 Å². The van der Waals surface area contributed by atoms with Gasteiger partial charge in [0.15, 0.2) is 0 Å². The fourth-order valence-corrected chi connectivity index (χ4v) is 5.76. The zero-order valence-electron chi connectivity index (χ0n) is 20.1. The Balaban J connectivity index is 1.75. The number of carbonyl (C=O) groups excluding carboxylic acids is 1. The predicted octanol–water partition coefficient (Wildman–Crippen LogP) is 4.20. The molecule has 1 N–H and O–H groups in total. The van der Waals surface area contributed by atoms with Crippen LogP contribution >= 0.6 is 11.6 Å². The summed E-state index contributed by atoms with van der Waals surface area (Å²) in [6, 6.07) is 11.9. The fourth-order valence-electron chi connectivity index (χ4n) is 4.39. The van der Waals surface area contributed by atoms with Crippen LogP contribution in [-0.2, 0) is 27.9 Å². The van der Waals surface area contributed by atoms with Crippen LogP contribution in [-0.4, -0.2) is 51.7 Å². The minimum Gasteiger partial charge on any atom is -0.495 e. The summed E-state index contributed by atoms with van der Waals surface area (Å²) < 4.78 is 32.0. The molecule has 1 amide bonds. The molecule has 2 aromatic rings. The molecule has 186 valence electrons. The van der Waals surface area contributed by atoms with Gasteiger partial charge in [0.25, 0.3) is 0 Å². The Labute approximate surface area is 208 Å². The normalized spacial score (nSPS) is 15.5. The van der Waals surface area contributed by atoms with E-state index in [2.05, 4.69) is 22.3 Å². The van der Waals surface area contributed by atoms with Gasteiger partial charge in [-0.1, -0.05) is 49.2 Å². The van der Waals surface area contributed by atoms with Crippen molar-refractivity contribution >= 4 is 33.2 Å². The van der Waals surface area contributed by atoms with Crippen molar-refractivity contribution < 1.29 is 17.9 Å². The lowest BCUT2D eigenvalue weighted by Gasteiger charge is -2.31. The first-order valence-electron chi connectivity index (χ1n) is 11.6. The number of piperidine rings is 1. The first kappa shape index (κ1) is 26.3. The van der Waals surface area contributed by atoms with E-state index >= 15 is 0 Å². The molecule has 1 heterocycles. The number of nitrogens with zero attached hydrogens (tertiary/aromatic N) is 2. The molecule has 0 aromatic heterocycles. The molecule has 9 heteroatoms. The molecule has 0 spiro atoms. The van der Waals surface area contributed by atoms with Crippen molar-refractivity contribution in [1.82, 2.24) is 10.2 Å². The van der Waals surface area contributed by atoms with Gasteiger partial charge in [-0.2, -0.15) is 0 Å². The number of nitrogens with one attached hydrogen (secondary N) is 1. The SMILES string of the molecule is CC[C@@H](C(=O)NCc1cccc(CN2CCCCC2)c1)N(c1cc(Cl)ccc1OC)S(C)(=O)=O. The van der Waals surface area contributed by atoms with Crippen molar-refractivity contribution in [2.24, 2.45) is 0 Å². The Morgan fingerprint density at radius 1 is 1.15 bits per heavy atom. The summed E-state index contributed by atoms with van der Waals surface area (Å²) in [7, 11) is -2.35. The van der Waals surface area contributed by atoms with Crippen molar-refractivity contribution in [2.45, 2.75) is 51.7 Å². The monoisotopic (exact) mass is 507 g/mol. The highest BCUT2D eigenvalue weighted by Gasteiger charge is 2.33. The average molecular weight is 508 g/mol. The van der Waals surface area contributed by atoms with Gasteiger partial charge in [0.05, 0.1) is 19.1 Å². The molecule has 1 fully saturated rings. The number of anilines is 1. The molecule has 0 radical (unpaired) electrons. The van der Waals surface area contributed by atoms with Gasteiger partial charge >= 0.3 is 0 Å². The lowest BCUT2D eigenvalue weighted by molar-refractivity contribution is -0.122. The lowest BCUT2D eigenvalue weighted by Crippen LogP contribution is -2.49. The van der Waals surface area contributed by atoms with Crippen LogP contribution in [0.3, 0.4) is 0 Å². The van der Waals surface area contributed by atoms with E-state index in [1.807, 2.05) is 12.1 Å². The van der Waals surface area contributed by atoms with Crippen molar-refractivity contribution in [1.29, 1.82) is 0 Å². The molecule has 0 aliphatic carbocycles. The Hall–Kier alpha value is -2.29. The molecule has 1 aliphatic heterocycles. The van der Waals surface area contributed by atoms with Crippen LogP contribution in [0.4, 0.5) is 5.69 Å². The maximum atomic E-state index is 13.2. The second kappa shape index (κ2) is 11.9. The highest BCUT2D eigenvalue weighted by atomic mass is 35.5. The van der Waals surface area contributed by atoms with Gasteiger partial charge in [0, 0.05) is 18.1 Å². The van der Waals surface area contributed by atoms with Crippen LogP contribution in [0.25, 0.3) is 0 Å². The van der Waals surface area contributed by atoms with E-state index in [1.54, 1.807) is 19.1 Å². The highest BCUT2D eigenvalue weighted by Crippen LogP contribution is 2.34. The topological polar surface area (TPSA) is 79.0 Å². The number of likely N-dealkylation sites (tertiary alicyclic amines) is 1. The van der Waals surface area contributed by atoms with E-state index in [0.717, 1.165) is 35.8 Å². The van der Waals surface area contributed by atoms with Crippen LogP contribution in [0, 0.1) is 0 Å². The first-order valence-corrected chi connectivity index (χ1v) is 13.9. The van der Waals surface area contributed by atoms with Crippen LogP contribution in [0.1, 0.15) is 43.7 Å². The minimum absolute atomic E-state index is 0.239. The number of carbonyl (C=O) groups is 1. The Bertz CT molecular complexity index is 1090. The van der Waals surface area contributed by atoms with Gasteiger partial charge in [-0.3, -0.25) is 14.0 Å². The summed E-state index contributed by atoms with van der Waals surface area (Å²) in [6.07, 6.45) is 5.13. The van der Waals surface area contributed by atoms with E-state index < -0.39 is 16.1 Å². The smallest absolute Gasteiger partial charge is 0.244 e. The van der Waals surface area contributed by atoms with Crippen molar-refractivity contribution in [2.75, 3.05) is 30.8 Å². The molecule has 3 rings (SSSR count). The summed E-state index contributed by atoms with van der Waals surface area (Å²) in [6.45, 7) is 5.23. The molecule has 0 bridgehead atoms. The Kier molecular flexibility index (Phi) is 9.22. The third kappa shape index (κ3) is 6.87. The number of benzene rings is 2. The van der Waals surface area contributed by atoms with Gasteiger partial charge in [0.1, 0.15) is 11.8 Å². The number of methoxy groups -OCH3 is 1. The zero-order chi connectivity index (χ0) is 24.7. The summed E-state index contributed by atoms with van der Waals surface area (Å²) in [5, 5.41) is 3.27. The van der Waals surface area contributed by atoms with E-state index in [1.165, 1.54) is 38.0 Å². The summed E-state index contributed by atoms with van der Waals surface area (Å²) >= 11 is 6.14. The number of amides is 1. The quantitative estimate of drug-likeness (QED) is 0.521. The van der Waals surface area contributed by atoms with E-state index in [4.69, 9.17) is 16.3 Å². The molecule has 0 saturated carbocycles. The van der Waals surface area contributed by atoms with Crippen molar-refractivity contribution in [3.63, 3.8) is 0 Å². The van der Waals surface area contributed by atoms with Crippen molar-refractivity contribution in [3.05, 3.63) is 58.6 Å². The highest BCUT2D eigenvalue weighted by molar-refractivity contribution is 7.92. The molecule has 1 atom stereocenters. The molecule has 1 saturated heterocycles. The van der Waals surface area contributed by atoms with Gasteiger partial charge in [0.2, 0.25) is 15.9 Å². The maximum Gasteiger partial charge on any atom is 0.244 e. The fraction of sp³-hybridized carbons (Fsp3) is 0.480. The minimum atomic E-state index is -3.80. The van der Waals surface area contributed by atoms with E-state index in [-0.39, 0.29) is 18.0 Å². The molecule has 34 heavy (non-hydrogen) atoms. The molecular formula is C25H34ClN3O4S. The average Bonchev–Trinajstić information content (AvgIpc) is 2.81. The molecule has 2 aromatic carbocycles. The maximum absolute atomic E-state index is 13.2. The zero-order valence-corrected chi connectivity index (χ0v) is 21.7. The lowest BCUT2D eigenvalue weighted by atomic mass is 10.1. The molecule has 7 nitrogen and oxygen atoms in total. The second-order valence-electron chi connectivity index (χ2n) is 8.67. The molecule has 0 unspecified atom stereocenters. The van der Waals surface area contributed by atoms with Gasteiger partial charge < -0.3 is 10.1 Å². The number of hydrogen-bond acceptors (Lipinski definition) is 5. The number of hydrogen-bond donors (Lipinski definition) is 1. The summed E-state index contributed by atoms with van der Waals surface area (Å²) in [5.74, 6) is -0.0529. The van der Waals surface area contributed by atoms with Crippen LogP contribution in [0.5, 0.6) is 5.75 Å². The third-order valence-corrected chi connectivity index (χ3v) is 7.42.